The molecule has 0 aliphatic carbocycles. The molecule has 1 atom stereocenters. The molecule has 7 heteroatoms. The molecule has 1 N–H and O–H groups in total. The number of carboxylic acids is 1. The van der Waals surface area contributed by atoms with Crippen LogP contribution in [-0.2, 0) is 23.1 Å². The molecular weight excluding hydrogens is 262 g/mol. The number of aromatic nitrogens is 2. The third kappa shape index (κ3) is 2.76. The first-order valence-electron chi connectivity index (χ1n) is 6.40. The molecule has 0 unspecified atom stereocenters. The molecule has 0 saturated heterocycles. The highest BCUT2D eigenvalue weighted by molar-refractivity contribution is 5.78. The molecule has 1 aromatic rings. The summed E-state index contributed by atoms with van der Waals surface area (Å²) in [5.74, 6) is -1.75. The van der Waals surface area contributed by atoms with Crippen molar-refractivity contribution >= 4 is 12.1 Å². The fourth-order valence-corrected chi connectivity index (χ4v) is 2.27. The number of amides is 1. The number of carbonyl (C=O) groups excluding carboxylic acids is 1. The Balaban J connectivity index is 2.25. The van der Waals surface area contributed by atoms with Crippen molar-refractivity contribution < 1.29 is 19.4 Å². The Kier molecular flexibility index (Phi) is 3.45. The summed E-state index contributed by atoms with van der Waals surface area (Å²) in [6.45, 7) is 5.69. The zero-order valence-electron chi connectivity index (χ0n) is 12.1. The molecule has 1 aromatic heterocycles. The molecule has 0 fully saturated rings. The summed E-state index contributed by atoms with van der Waals surface area (Å²) < 4.78 is 6.98. The van der Waals surface area contributed by atoms with Gasteiger partial charge in [-0.2, -0.15) is 0 Å². The fourth-order valence-electron chi connectivity index (χ4n) is 2.27. The number of rotatable bonds is 1. The minimum absolute atomic E-state index is 0.0940. The van der Waals surface area contributed by atoms with Crippen LogP contribution in [0.3, 0.4) is 0 Å². The van der Waals surface area contributed by atoms with Crippen LogP contribution in [0.4, 0.5) is 4.79 Å². The Labute approximate surface area is 117 Å². The van der Waals surface area contributed by atoms with Crippen molar-refractivity contribution in [1.82, 2.24) is 14.5 Å². The topological polar surface area (TPSA) is 84.7 Å². The van der Waals surface area contributed by atoms with E-state index in [0.717, 1.165) is 0 Å². The molecule has 0 saturated carbocycles. The van der Waals surface area contributed by atoms with E-state index in [-0.39, 0.29) is 13.1 Å². The smallest absolute Gasteiger partial charge is 0.410 e. The Morgan fingerprint density at radius 3 is 2.65 bits per heavy atom. The maximum absolute atomic E-state index is 12.1. The van der Waals surface area contributed by atoms with E-state index in [0.29, 0.717) is 11.4 Å². The van der Waals surface area contributed by atoms with Crippen LogP contribution in [0.5, 0.6) is 0 Å². The normalized spacial score (nSPS) is 18.6. The highest BCUT2D eigenvalue weighted by Crippen LogP contribution is 2.28. The molecule has 110 valence electrons. The summed E-state index contributed by atoms with van der Waals surface area (Å²) in [4.78, 5) is 29.0. The van der Waals surface area contributed by atoms with E-state index in [1.54, 1.807) is 38.7 Å². The summed E-state index contributed by atoms with van der Waals surface area (Å²) in [5.41, 5.74) is 0.648. The van der Waals surface area contributed by atoms with Crippen molar-refractivity contribution in [1.29, 1.82) is 0 Å². The highest BCUT2D eigenvalue weighted by Gasteiger charge is 2.37. The van der Waals surface area contributed by atoms with Gasteiger partial charge in [-0.25, -0.2) is 9.78 Å². The average molecular weight is 281 g/mol. The summed E-state index contributed by atoms with van der Waals surface area (Å²) in [6.07, 6.45) is 1.05. The van der Waals surface area contributed by atoms with Crippen LogP contribution < -0.4 is 0 Å². The van der Waals surface area contributed by atoms with E-state index in [2.05, 4.69) is 4.98 Å². The van der Waals surface area contributed by atoms with Crippen LogP contribution in [0.25, 0.3) is 0 Å². The summed E-state index contributed by atoms with van der Waals surface area (Å²) in [5, 5.41) is 9.34. The third-order valence-electron chi connectivity index (χ3n) is 3.09. The molecule has 2 heterocycles. The van der Waals surface area contributed by atoms with Crippen LogP contribution >= 0.6 is 0 Å². The van der Waals surface area contributed by atoms with E-state index in [1.807, 2.05) is 0 Å². The number of hydrogen-bond donors (Lipinski definition) is 1. The molecular formula is C13H19N3O4. The SMILES string of the molecule is Cn1cnc2c1[C@@H](C(=O)O)CN(C(=O)OC(C)(C)C)C2. The largest absolute Gasteiger partial charge is 0.481 e. The second kappa shape index (κ2) is 4.81. The summed E-state index contributed by atoms with van der Waals surface area (Å²) in [7, 11) is 1.75. The molecule has 0 aromatic carbocycles. The molecule has 20 heavy (non-hydrogen) atoms. The van der Waals surface area contributed by atoms with Gasteiger partial charge in [0, 0.05) is 13.6 Å². The Bertz CT molecular complexity index is 544. The lowest BCUT2D eigenvalue weighted by Crippen LogP contribution is -2.43. The molecule has 1 amide bonds. The van der Waals surface area contributed by atoms with Gasteiger partial charge in [-0.1, -0.05) is 0 Å². The van der Waals surface area contributed by atoms with Gasteiger partial charge < -0.3 is 19.3 Å². The fraction of sp³-hybridized carbons (Fsp3) is 0.615. The number of fused-ring (bicyclic) bond motifs is 1. The number of nitrogens with zero attached hydrogens (tertiary/aromatic N) is 3. The van der Waals surface area contributed by atoms with Gasteiger partial charge in [-0.15, -0.1) is 0 Å². The summed E-state index contributed by atoms with van der Waals surface area (Å²) >= 11 is 0. The van der Waals surface area contributed by atoms with Crippen molar-refractivity contribution in [3.8, 4) is 0 Å². The number of ether oxygens (including phenoxy) is 1. The molecule has 1 aliphatic rings. The lowest BCUT2D eigenvalue weighted by atomic mass is 9.99. The number of aliphatic carboxylic acids is 1. The number of hydrogen-bond acceptors (Lipinski definition) is 4. The molecule has 0 spiro atoms. The van der Waals surface area contributed by atoms with Gasteiger partial charge in [0.15, 0.2) is 0 Å². The maximum atomic E-state index is 12.1. The van der Waals surface area contributed by atoms with Gasteiger partial charge in [0.1, 0.15) is 11.5 Å². The Morgan fingerprint density at radius 2 is 2.10 bits per heavy atom. The van der Waals surface area contributed by atoms with E-state index in [4.69, 9.17) is 4.74 Å². The number of aryl methyl sites for hydroxylation is 1. The third-order valence-corrected chi connectivity index (χ3v) is 3.09. The lowest BCUT2D eigenvalue weighted by molar-refractivity contribution is -0.139. The van der Waals surface area contributed by atoms with Crippen LogP contribution in [0.15, 0.2) is 6.33 Å². The zero-order chi connectivity index (χ0) is 15.1. The van der Waals surface area contributed by atoms with Crippen LogP contribution in [0.2, 0.25) is 0 Å². The highest BCUT2D eigenvalue weighted by atomic mass is 16.6. The maximum Gasteiger partial charge on any atom is 0.410 e. The Morgan fingerprint density at radius 1 is 1.45 bits per heavy atom. The van der Waals surface area contributed by atoms with Crippen molar-refractivity contribution in [3.63, 3.8) is 0 Å². The molecule has 0 bridgehead atoms. The van der Waals surface area contributed by atoms with Crippen molar-refractivity contribution in [2.24, 2.45) is 7.05 Å². The van der Waals surface area contributed by atoms with E-state index in [1.165, 1.54) is 4.90 Å². The van der Waals surface area contributed by atoms with Gasteiger partial charge in [0.05, 0.1) is 24.3 Å². The van der Waals surface area contributed by atoms with Gasteiger partial charge in [-0.05, 0) is 20.8 Å². The minimum atomic E-state index is -0.969. The van der Waals surface area contributed by atoms with Crippen molar-refractivity contribution in [2.75, 3.05) is 6.54 Å². The van der Waals surface area contributed by atoms with Gasteiger partial charge in [0.2, 0.25) is 0 Å². The second-order valence-corrected chi connectivity index (χ2v) is 5.94. The van der Waals surface area contributed by atoms with Crippen molar-refractivity contribution in [3.05, 3.63) is 17.7 Å². The van der Waals surface area contributed by atoms with Gasteiger partial charge in [-0.3, -0.25) is 4.79 Å². The Hall–Kier alpha value is -2.05. The zero-order valence-corrected chi connectivity index (χ0v) is 12.1. The molecule has 0 radical (unpaired) electrons. The summed E-state index contributed by atoms with van der Waals surface area (Å²) in [6, 6.07) is 0. The van der Waals surface area contributed by atoms with Crippen molar-refractivity contribution in [2.45, 2.75) is 38.8 Å². The van der Waals surface area contributed by atoms with Crippen LogP contribution in [-0.4, -0.2) is 43.8 Å². The first kappa shape index (κ1) is 14.4. The molecule has 2 rings (SSSR count). The predicted octanol–water partition coefficient (Wildman–Crippen LogP) is 1.34. The average Bonchev–Trinajstić information content (AvgIpc) is 2.68. The standard InChI is InChI=1S/C13H19N3O4/c1-13(2,3)20-12(19)16-5-8(11(17)18)10-9(6-16)14-7-15(10)4/h7-8H,5-6H2,1-4H3,(H,17,18)/t8-/m0/s1. The predicted molar refractivity (Wildman–Crippen MR) is 70.2 cm³/mol. The van der Waals surface area contributed by atoms with Crippen LogP contribution in [0, 0.1) is 0 Å². The molecule has 1 aliphatic heterocycles. The first-order chi connectivity index (χ1) is 9.19. The van der Waals surface area contributed by atoms with E-state index in [9.17, 15) is 14.7 Å². The number of imidazole rings is 1. The van der Waals surface area contributed by atoms with Gasteiger partial charge >= 0.3 is 12.1 Å². The van der Waals surface area contributed by atoms with Crippen LogP contribution in [0.1, 0.15) is 38.1 Å². The first-order valence-corrected chi connectivity index (χ1v) is 6.40. The minimum Gasteiger partial charge on any atom is -0.481 e. The second-order valence-electron chi connectivity index (χ2n) is 5.94. The monoisotopic (exact) mass is 281 g/mol. The number of carboxylic acid groups (broad SMARTS) is 1. The number of carbonyl (C=O) groups is 2. The van der Waals surface area contributed by atoms with E-state index >= 15 is 0 Å². The molecule has 7 nitrogen and oxygen atoms in total. The van der Waals surface area contributed by atoms with E-state index < -0.39 is 23.6 Å². The van der Waals surface area contributed by atoms with Gasteiger partial charge in [0.25, 0.3) is 0 Å². The lowest BCUT2D eigenvalue weighted by Gasteiger charge is -2.32. The quantitative estimate of drug-likeness (QED) is 0.839.